The third kappa shape index (κ3) is 3.35. The minimum Gasteiger partial charge on any atom is -0.350 e. The summed E-state index contributed by atoms with van der Waals surface area (Å²) in [5.74, 6) is 0.786. The Morgan fingerprint density at radius 3 is 2.54 bits per heavy atom. The lowest BCUT2D eigenvalue weighted by molar-refractivity contribution is -0.124. The maximum absolute atomic E-state index is 11.5. The molecule has 3 nitrogen and oxygen atoms in total. The molecule has 3 N–H and O–H groups in total. The molecule has 0 aromatic heterocycles. The summed E-state index contributed by atoms with van der Waals surface area (Å²) >= 11 is 0. The van der Waals surface area contributed by atoms with E-state index >= 15 is 0 Å². The van der Waals surface area contributed by atoms with Crippen molar-refractivity contribution < 1.29 is 4.79 Å². The summed E-state index contributed by atoms with van der Waals surface area (Å²) in [4.78, 5) is 11.5. The summed E-state index contributed by atoms with van der Waals surface area (Å²) in [5, 5.41) is 2.94. The Bertz CT molecular complexity index is 185. The summed E-state index contributed by atoms with van der Waals surface area (Å²) in [6.45, 7) is 4.39. The maximum Gasteiger partial charge on any atom is 0.220 e. The highest BCUT2D eigenvalue weighted by Crippen LogP contribution is 2.29. The van der Waals surface area contributed by atoms with Crippen LogP contribution in [0.4, 0.5) is 0 Å². The molecular formula is C10H20N2O. The summed E-state index contributed by atoms with van der Waals surface area (Å²) < 4.78 is 0. The molecule has 0 aromatic rings. The molecular weight excluding hydrogens is 164 g/mol. The summed E-state index contributed by atoms with van der Waals surface area (Å²) in [6.07, 6.45) is 4.41. The van der Waals surface area contributed by atoms with Gasteiger partial charge in [0.25, 0.3) is 0 Å². The van der Waals surface area contributed by atoms with E-state index in [0.29, 0.717) is 18.9 Å². The molecule has 0 aliphatic heterocycles. The zero-order valence-electron chi connectivity index (χ0n) is 8.60. The van der Waals surface area contributed by atoms with E-state index in [4.69, 9.17) is 5.73 Å². The van der Waals surface area contributed by atoms with Crippen LogP contribution in [0, 0.1) is 5.92 Å². The zero-order chi connectivity index (χ0) is 9.90. The van der Waals surface area contributed by atoms with Crippen LogP contribution in [0.1, 0.15) is 39.5 Å². The van der Waals surface area contributed by atoms with Crippen molar-refractivity contribution in [3.8, 4) is 0 Å². The highest BCUT2D eigenvalue weighted by molar-refractivity contribution is 5.77. The third-order valence-corrected chi connectivity index (χ3v) is 2.69. The zero-order valence-corrected chi connectivity index (χ0v) is 8.60. The minimum atomic E-state index is -0.249. The van der Waals surface area contributed by atoms with Gasteiger partial charge in [-0.05, 0) is 32.6 Å². The van der Waals surface area contributed by atoms with Crippen LogP contribution in [-0.2, 0) is 4.79 Å². The van der Waals surface area contributed by atoms with Crippen LogP contribution in [-0.4, -0.2) is 18.0 Å². The number of carbonyl (C=O) groups excluding carboxylic acids is 1. The molecule has 0 saturated heterocycles. The first kappa shape index (κ1) is 10.5. The van der Waals surface area contributed by atoms with Crippen LogP contribution < -0.4 is 11.1 Å². The highest BCUT2D eigenvalue weighted by Gasteiger charge is 2.24. The Hall–Kier alpha value is -0.570. The van der Waals surface area contributed by atoms with Crippen LogP contribution in [0.3, 0.4) is 0 Å². The predicted molar refractivity (Wildman–Crippen MR) is 53.2 cm³/mol. The fourth-order valence-corrected chi connectivity index (χ4v) is 1.44. The average molecular weight is 184 g/mol. The Labute approximate surface area is 80.1 Å². The maximum atomic E-state index is 11.5. The summed E-state index contributed by atoms with van der Waals surface area (Å²) in [5.41, 5.74) is 5.27. The van der Waals surface area contributed by atoms with Gasteiger partial charge in [-0.15, -0.1) is 0 Å². The van der Waals surface area contributed by atoms with Gasteiger partial charge in [-0.3, -0.25) is 4.79 Å². The van der Waals surface area contributed by atoms with E-state index in [2.05, 4.69) is 5.32 Å². The second-order valence-corrected chi connectivity index (χ2v) is 4.64. The quantitative estimate of drug-likeness (QED) is 0.685. The molecule has 0 bridgehead atoms. The number of amides is 1. The molecule has 1 rings (SSSR count). The van der Waals surface area contributed by atoms with Crippen molar-refractivity contribution in [3.63, 3.8) is 0 Å². The molecule has 1 aliphatic carbocycles. The van der Waals surface area contributed by atoms with Gasteiger partial charge in [-0.25, -0.2) is 0 Å². The Balaban J connectivity index is 2.23. The molecule has 1 saturated carbocycles. The first-order valence-electron chi connectivity index (χ1n) is 5.04. The minimum absolute atomic E-state index is 0.153. The van der Waals surface area contributed by atoms with Gasteiger partial charge in [0.2, 0.25) is 5.91 Å². The van der Waals surface area contributed by atoms with Crippen molar-refractivity contribution in [1.29, 1.82) is 0 Å². The van der Waals surface area contributed by atoms with Gasteiger partial charge < -0.3 is 11.1 Å². The number of hydrogen-bond donors (Lipinski definition) is 2. The standard InChI is InChI=1S/C10H20N2O/c1-10(2,7-11)12-9(13)6-8-4-3-5-8/h8H,3-7,11H2,1-2H3,(H,12,13). The predicted octanol–water partition coefficient (Wildman–Crippen LogP) is 1.03. The third-order valence-electron chi connectivity index (χ3n) is 2.69. The van der Waals surface area contributed by atoms with Gasteiger partial charge >= 0.3 is 0 Å². The molecule has 0 radical (unpaired) electrons. The SMILES string of the molecule is CC(C)(CN)NC(=O)CC1CCC1. The van der Waals surface area contributed by atoms with E-state index in [0.717, 1.165) is 0 Å². The van der Waals surface area contributed by atoms with E-state index in [9.17, 15) is 4.79 Å². The lowest BCUT2D eigenvalue weighted by Crippen LogP contribution is -2.49. The molecule has 0 atom stereocenters. The fraction of sp³-hybridized carbons (Fsp3) is 0.900. The molecule has 3 heteroatoms. The monoisotopic (exact) mass is 184 g/mol. The van der Waals surface area contributed by atoms with Gasteiger partial charge in [-0.2, -0.15) is 0 Å². The van der Waals surface area contributed by atoms with Crippen molar-refractivity contribution in [1.82, 2.24) is 5.32 Å². The summed E-state index contributed by atoms with van der Waals surface area (Å²) in [7, 11) is 0. The number of nitrogens with two attached hydrogens (primary N) is 1. The molecule has 1 fully saturated rings. The largest absolute Gasteiger partial charge is 0.350 e. The molecule has 0 aromatic carbocycles. The average Bonchev–Trinajstić information content (AvgIpc) is 1.96. The van der Waals surface area contributed by atoms with E-state index < -0.39 is 0 Å². The molecule has 0 unspecified atom stereocenters. The molecule has 13 heavy (non-hydrogen) atoms. The van der Waals surface area contributed by atoms with Crippen molar-refractivity contribution in [2.75, 3.05) is 6.54 Å². The van der Waals surface area contributed by atoms with Crippen molar-refractivity contribution in [2.24, 2.45) is 11.7 Å². The normalized spacial score (nSPS) is 18.1. The second-order valence-electron chi connectivity index (χ2n) is 4.64. The Morgan fingerprint density at radius 2 is 2.15 bits per heavy atom. The molecule has 76 valence electrons. The van der Waals surface area contributed by atoms with Crippen molar-refractivity contribution >= 4 is 5.91 Å². The van der Waals surface area contributed by atoms with E-state index in [1.165, 1.54) is 19.3 Å². The number of carbonyl (C=O) groups is 1. The van der Waals surface area contributed by atoms with E-state index in [1.807, 2.05) is 13.8 Å². The van der Waals surface area contributed by atoms with Crippen molar-refractivity contribution in [3.05, 3.63) is 0 Å². The van der Waals surface area contributed by atoms with Gasteiger partial charge in [0.05, 0.1) is 0 Å². The topological polar surface area (TPSA) is 55.1 Å². The first-order chi connectivity index (χ1) is 6.03. The number of nitrogens with one attached hydrogen (secondary N) is 1. The van der Waals surface area contributed by atoms with E-state index in [-0.39, 0.29) is 11.4 Å². The highest BCUT2D eigenvalue weighted by atomic mass is 16.1. The van der Waals surface area contributed by atoms with Crippen LogP contribution in [0.2, 0.25) is 0 Å². The van der Waals surface area contributed by atoms with Crippen LogP contribution in [0.15, 0.2) is 0 Å². The number of rotatable bonds is 4. The fourth-order valence-electron chi connectivity index (χ4n) is 1.44. The van der Waals surface area contributed by atoms with Gasteiger partial charge in [0, 0.05) is 18.5 Å². The van der Waals surface area contributed by atoms with Gasteiger partial charge in [0.1, 0.15) is 0 Å². The lowest BCUT2D eigenvalue weighted by atomic mass is 9.82. The van der Waals surface area contributed by atoms with Crippen LogP contribution >= 0.6 is 0 Å². The van der Waals surface area contributed by atoms with Gasteiger partial charge in [-0.1, -0.05) is 6.42 Å². The first-order valence-corrected chi connectivity index (χ1v) is 5.04. The smallest absolute Gasteiger partial charge is 0.220 e. The van der Waals surface area contributed by atoms with E-state index in [1.54, 1.807) is 0 Å². The lowest BCUT2D eigenvalue weighted by Gasteiger charge is -2.28. The Morgan fingerprint density at radius 1 is 1.54 bits per heavy atom. The van der Waals surface area contributed by atoms with Gasteiger partial charge in [0.15, 0.2) is 0 Å². The van der Waals surface area contributed by atoms with Crippen LogP contribution in [0.25, 0.3) is 0 Å². The molecule has 0 heterocycles. The number of hydrogen-bond acceptors (Lipinski definition) is 2. The molecule has 1 amide bonds. The Kier molecular flexibility index (Phi) is 3.31. The van der Waals surface area contributed by atoms with Crippen LogP contribution in [0.5, 0.6) is 0 Å². The van der Waals surface area contributed by atoms with Crippen molar-refractivity contribution in [2.45, 2.75) is 45.1 Å². The summed E-state index contributed by atoms with van der Waals surface area (Å²) in [6, 6.07) is 0. The molecule has 1 aliphatic rings. The second kappa shape index (κ2) is 4.09. The molecule has 0 spiro atoms.